The van der Waals surface area contributed by atoms with E-state index in [-0.39, 0.29) is 24.1 Å². The Balaban J connectivity index is 1.38. The molecule has 1 saturated heterocycles. The lowest BCUT2D eigenvalue weighted by atomic mass is 10.00. The molecule has 2 aromatic carbocycles. The molecule has 6 nitrogen and oxygen atoms in total. The van der Waals surface area contributed by atoms with Crippen LogP contribution in [0.3, 0.4) is 0 Å². The maximum atomic E-state index is 13.0. The van der Waals surface area contributed by atoms with Gasteiger partial charge in [0.1, 0.15) is 12.4 Å². The highest BCUT2D eigenvalue weighted by Crippen LogP contribution is 2.32. The number of cyclic esters (lactones) is 1. The molecule has 2 aliphatic rings. The summed E-state index contributed by atoms with van der Waals surface area (Å²) in [5.41, 5.74) is 1.95. The van der Waals surface area contributed by atoms with Gasteiger partial charge in [-0.05, 0) is 43.2 Å². The van der Waals surface area contributed by atoms with Gasteiger partial charge in [-0.1, -0.05) is 18.2 Å². The van der Waals surface area contributed by atoms with Gasteiger partial charge in [-0.2, -0.15) is 17.6 Å². The predicted molar refractivity (Wildman–Crippen MR) is 106 cm³/mol. The number of rotatable bonds is 5. The smallest absolute Gasteiger partial charge is 0.444 e. The number of nitrogens with zero attached hydrogens (tertiary/aromatic N) is 2. The number of piperidine rings is 1. The quantitative estimate of drug-likeness (QED) is 0.618. The van der Waals surface area contributed by atoms with Gasteiger partial charge in [0.2, 0.25) is 0 Å². The van der Waals surface area contributed by atoms with Crippen LogP contribution in [-0.4, -0.2) is 48.6 Å². The molecule has 0 unspecified atom stereocenters. The van der Waals surface area contributed by atoms with Crippen molar-refractivity contribution in [2.75, 3.05) is 18.0 Å². The van der Waals surface area contributed by atoms with E-state index in [1.165, 1.54) is 12.1 Å². The van der Waals surface area contributed by atoms with E-state index in [1.54, 1.807) is 9.80 Å². The Hall–Kier alpha value is -3.30. The van der Waals surface area contributed by atoms with Gasteiger partial charge in [-0.3, -0.25) is 9.69 Å². The van der Waals surface area contributed by atoms with E-state index >= 15 is 0 Å². The van der Waals surface area contributed by atoms with Crippen molar-refractivity contribution in [3.63, 3.8) is 0 Å². The third kappa shape index (κ3) is 4.35. The third-order valence-corrected chi connectivity index (χ3v) is 5.53. The van der Waals surface area contributed by atoms with E-state index in [4.69, 9.17) is 4.74 Å². The molecule has 0 atom stereocenters. The van der Waals surface area contributed by atoms with Gasteiger partial charge in [0.15, 0.2) is 0 Å². The van der Waals surface area contributed by atoms with E-state index in [0.717, 1.165) is 23.4 Å². The van der Waals surface area contributed by atoms with Crippen LogP contribution in [0.2, 0.25) is 0 Å². The van der Waals surface area contributed by atoms with Gasteiger partial charge in [0.25, 0.3) is 5.91 Å². The van der Waals surface area contributed by atoms with Crippen LogP contribution in [0.4, 0.5) is 28.0 Å². The van der Waals surface area contributed by atoms with Gasteiger partial charge in [0, 0.05) is 30.3 Å². The Bertz CT molecular complexity index is 992. The number of carbonyl (C=O) groups excluding carboxylic acids is 2. The molecule has 170 valence electrons. The first-order valence-electron chi connectivity index (χ1n) is 10.0. The minimum Gasteiger partial charge on any atom is -0.444 e. The maximum absolute atomic E-state index is 13.0. The Morgan fingerprint density at radius 2 is 1.72 bits per heavy atom. The molecule has 4 rings (SSSR count). The van der Waals surface area contributed by atoms with Crippen molar-refractivity contribution in [3.8, 4) is 5.75 Å². The number of halogens is 4. The normalized spacial score (nSPS) is 17.2. The zero-order valence-electron chi connectivity index (χ0n) is 16.8. The fourth-order valence-corrected chi connectivity index (χ4v) is 3.90. The summed E-state index contributed by atoms with van der Waals surface area (Å²) >= 11 is 0. The Morgan fingerprint density at radius 1 is 1.06 bits per heavy atom. The zero-order valence-corrected chi connectivity index (χ0v) is 16.8. The van der Waals surface area contributed by atoms with Crippen molar-refractivity contribution >= 4 is 17.7 Å². The van der Waals surface area contributed by atoms with Crippen molar-refractivity contribution in [2.45, 2.75) is 38.0 Å². The number of hydrogen-bond donors (Lipinski definition) is 0. The number of anilines is 1. The molecule has 0 radical (unpaired) electrons. The van der Waals surface area contributed by atoms with Gasteiger partial charge in [-0.15, -0.1) is 0 Å². The van der Waals surface area contributed by atoms with Crippen LogP contribution in [-0.2, 0) is 11.3 Å². The molecule has 32 heavy (non-hydrogen) atoms. The molecule has 2 aromatic rings. The summed E-state index contributed by atoms with van der Waals surface area (Å²) < 4.78 is 59.8. The molecular weight excluding hydrogens is 432 g/mol. The van der Waals surface area contributed by atoms with E-state index in [1.807, 2.05) is 24.3 Å². The number of likely N-dealkylation sites (tertiary alicyclic amines) is 1. The van der Waals surface area contributed by atoms with Crippen molar-refractivity contribution in [2.24, 2.45) is 0 Å². The third-order valence-electron chi connectivity index (χ3n) is 5.53. The number of alkyl halides is 4. The lowest BCUT2D eigenvalue weighted by molar-refractivity contribution is -0.253. The number of para-hydroxylation sites is 1. The minimum absolute atomic E-state index is 0.125. The van der Waals surface area contributed by atoms with Gasteiger partial charge in [-0.25, -0.2) is 4.79 Å². The highest BCUT2D eigenvalue weighted by molar-refractivity contribution is 5.94. The molecule has 2 amide bonds. The molecule has 0 bridgehead atoms. The van der Waals surface area contributed by atoms with E-state index in [2.05, 4.69) is 4.74 Å². The topological polar surface area (TPSA) is 59.1 Å². The summed E-state index contributed by atoms with van der Waals surface area (Å²) in [6.07, 6.45) is -7.91. The van der Waals surface area contributed by atoms with Crippen LogP contribution in [0.15, 0.2) is 48.5 Å². The van der Waals surface area contributed by atoms with Gasteiger partial charge in [0.05, 0.1) is 5.69 Å². The first-order valence-corrected chi connectivity index (χ1v) is 10.0. The summed E-state index contributed by atoms with van der Waals surface area (Å²) in [5.74, 6) is -0.787. The maximum Gasteiger partial charge on any atom is 0.461 e. The number of benzene rings is 2. The molecule has 0 aromatic heterocycles. The van der Waals surface area contributed by atoms with Crippen molar-refractivity contribution in [1.82, 2.24) is 4.90 Å². The predicted octanol–water partition coefficient (Wildman–Crippen LogP) is 4.68. The molecular formula is C22H20F4N2O4. The highest BCUT2D eigenvalue weighted by Gasteiger charge is 2.44. The fraction of sp³-hybridized carbons (Fsp3) is 0.364. The van der Waals surface area contributed by atoms with Crippen LogP contribution in [0, 0.1) is 0 Å². The lowest BCUT2D eigenvalue weighted by Gasteiger charge is -2.40. The summed E-state index contributed by atoms with van der Waals surface area (Å²) in [7, 11) is 0. The number of amides is 2. The summed E-state index contributed by atoms with van der Waals surface area (Å²) in [4.78, 5) is 28.4. The first kappa shape index (κ1) is 21.9. The summed E-state index contributed by atoms with van der Waals surface area (Å²) in [6.45, 7) is 1.00. The molecule has 2 heterocycles. The second-order valence-corrected chi connectivity index (χ2v) is 7.57. The van der Waals surface area contributed by atoms with Gasteiger partial charge >= 0.3 is 18.6 Å². The molecule has 0 saturated carbocycles. The van der Waals surface area contributed by atoms with E-state index < -0.39 is 24.4 Å². The van der Waals surface area contributed by atoms with Crippen molar-refractivity contribution in [3.05, 3.63) is 59.7 Å². The standard InChI is InChI=1S/C22H20F4N2O4/c23-20(24)22(25,26)32-17-7-5-14(6-8-17)19(29)27-11-9-16(10-12-27)28-18-4-2-1-3-15(18)13-31-21(28)30/h1-8,16,20H,9-13H2. The Labute approximate surface area is 181 Å². The van der Waals surface area contributed by atoms with Crippen molar-refractivity contribution < 1.29 is 36.6 Å². The number of ether oxygens (including phenoxy) is 2. The molecule has 0 N–H and O–H groups in total. The highest BCUT2D eigenvalue weighted by atomic mass is 19.3. The van der Waals surface area contributed by atoms with E-state index in [0.29, 0.717) is 25.9 Å². The second kappa shape index (κ2) is 8.68. The van der Waals surface area contributed by atoms with Crippen LogP contribution in [0.1, 0.15) is 28.8 Å². The van der Waals surface area contributed by atoms with Crippen LogP contribution in [0.5, 0.6) is 5.75 Å². The minimum atomic E-state index is -4.61. The largest absolute Gasteiger partial charge is 0.461 e. The van der Waals surface area contributed by atoms with Gasteiger partial charge < -0.3 is 14.4 Å². The molecule has 2 aliphatic heterocycles. The molecule has 0 aliphatic carbocycles. The monoisotopic (exact) mass is 452 g/mol. The average molecular weight is 452 g/mol. The van der Waals surface area contributed by atoms with Crippen LogP contribution < -0.4 is 9.64 Å². The molecule has 10 heteroatoms. The summed E-state index contributed by atoms with van der Waals surface area (Å²) in [6, 6.07) is 12.0. The van der Waals surface area contributed by atoms with Crippen molar-refractivity contribution in [1.29, 1.82) is 0 Å². The van der Waals surface area contributed by atoms with E-state index in [9.17, 15) is 27.2 Å². The number of fused-ring (bicyclic) bond motifs is 1. The number of hydrogen-bond acceptors (Lipinski definition) is 4. The Morgan fingerprint density at radius 3 is 2.38 bits per heavy atom. The number of carbonyl (C=O) groups is 2. The molecule has 0 spiro atoms. The second-order valence-electron chi connectivity index (χ2n) is 7.57. The average Bonchev–Trinajstić information content (AvgIpc) is 2.79. The first-order chi connectivity index (χ1) is 15.3. The lowest BCUT2D eigenvalue weighted by Crippen LogP contribution is -2.50. The molecule has 1 fully saturated rings. The zero-order chi connectivity index (χ0) is 22.9. The van der Waals surface area contributed by atoms with Crippen LogP contribution >= 0.6 is 0 Å². The Kier molecular flexibility index (Phi) is 5.94. The van der Waals surface area contributed by atoms with Crippen LogP contribution in [0.25, 0.3) is 0 Å². The summed E-state index contributed by atoms with van der Waals surface area (Å²) in [5, 5.41) is 0. The SMILES string of the molecule is O=C(c1ccc(OC(F)(F)C(F)F)cc1)N1CCC(N2C(=O)OCc3ccccc32)CC1. The fourth-order valence-electron chi connectivity index (χ4n) is 3.90.